The zero-order valence-corrected chi connectivity index (χ0v) is 15.0. The van der Waals surface area contributed by atoms with Crippen LogP contribution < -0.4 is 4.74 Å². The van der Waals surface area contributed by atoms with Crippen molar-refractivity contribution < 1.29 is 18.7 Å². The molecule has 0 N–H and O–H groups in total. The van der Waals surface area contributed by atoms with Gasteiger partial charge in [0.05, 0.1) is 32.1 Å². The van der Waals surface area contributed by atoms with Gasteiger partial charge < -0.3 is 18.8 Å². The minimum atomic E-state index is -0.0995. The fraction of sp³-hybridized carbons (Fsp3) is 0.450. The fourth-order valence-corrected chi connectivity index (χ4v) is 3.47. The minimum Gasteiger partial charge on any atom is -0.491 e. The molecule has 0 aliphatic carbocycles. The second kappa shape index (κ2) is 7.51. The lowest BCUT2D eigenvalue weighted by atomic mass is 10.1. The number of morpholine rings is 1. The molecule has 26 heavy (non-hydrogen) atoms. The van der Waals surface area contributed by atoms with Crippen molar-refractivity contribution in [3.8, 4) is 5.75 Å². The Hall–Kier alpha value is -2.31. The Balaban J connectivity index is 1.54. The van der Waals surface area contributed by atoms with Crippen molar-refractivity contribution in [1.82, 2.24) is 9.80 Å². The largest absolute Gasteiger partial charge is 0.491 e. The zero-order valence-electron chi connectivity index (χ0n) is 15.0. The fourth-order valence-electron chi connectivity index (χ4n) is 3.47. The molecule has 6 heteroatoms. The molecule has 4 rings (SSSR count). The quantitative estimate of drug-likeness (QED) is 0.846. The van der Waals surface area contributed by atoms with Crippen LogP contribution in [0.15, 0.2) is 41.0 Å². The Kier molecular flexibility index (Phi) is 4.95. The first-order chi connectivity index (χ1) is 12.7. The van der Waals surface area contributed by atoms with Gasteiger partial charge in [-0.1, -0.05) is 6.07 Å². The van der Waals surface area contributed by atoms with Gasteiger partial charge in [-0.25, -0.2) is 0 Å². The lowest BCUT2D eigenvalue weighted by Gasteiger charge is -2.27. The maximum absolute atomic E-state index is 12.8. The number of fused-ring (bicyclic) bond motifs is 1. The highest BCUT2D eigenvalue weighted by Crippen LogP contribution is 2.28. The van der Waals surface area contributed by atoms with Gasteiger partial charge in [0, 0.05) is 25.2 Å². The van der Waals surface area contributed by atoms with Crippen LogP contribution in [0.4, 0.5) is 0 Å². The lowest BCUT2D eigenvalue weighted by molar-refractivity contribution is 0.0341. The first-order valence-corrected chi connectivity index (χ1v) is 9.10. The highest BCUT2D eigenvalue weighted by molar-refractivity contribution is 5.91. The molecule has 0 radical (unpaired) electrons. The van der Waals surface area contributed by atoms with E-state index < -0.39 is 0 Å². The predicted molar refractivity (Wildman–Crippen MR) is 96.1 cm³/mol. The Morgan fingerprint density at radius 3 is 2.85 bits per heavy atom. The van der Waals surface area contributed by atoms with Crippen molar-refractivity contribution in [2.24, 2.45) is 0 Å². The van der Waals surface area contributed by atoms with Crippen LogP contribution in [0.25, 0.3) is 0 Å². The third-order valence-corrected chi connectivity index (χ3v) is 4.98. The first kappa shape index (κ1) is 17.1. The van der Waals surface area contributed by atoms with E-state index in [-0.39, 0.29) is 11.9 Å². The SMILES string of the molecule is C[C@H]1COc2ccc(CN3CCOCC3)cc2CN1C(=O)c1ccco1. The molecule has 1 aromatic carbocycles. The summed E-state index contributed by atoms with van der Waals surface area (Å²) in [6.45, 7) is 7.37. The molecule has 0 bridgehead atoms. The molecule has 2 aliphatic heterocycles. The number of benzene rings is 1. The van der Waals surface area contributed by atoms with Crippen LogP contribution in [0.3, 0.4) is 0 Å². The summed E-state index contributed by atoms with van der Waals surface area (Å²) in [6, 6.07) is 9.71. The summed E-state index contributed by atoms with van der Waals surface area (Å²) < 4.78 is 16.7. The molecule has 1 saturated heterocycles. The number of hydrogen-bond acceptors (Lipinski definition) is 5. The average molecular weight is 356 g/mol. The van der Waals surface area contributed by atoms with Gasteiger partial charge in [0.25, 0.3) is 5.91 Å². The number of ether oxygens (including phenoxy) is 2. The molecule has 0 saturated carbocycles. The van der Waals surface area contributed by atoms with E-state index in [0.29, 0.717) is 18.9 Å². The molecule has 1 aromatic heterocycles. The van der Waals surface area contributed by atoms with Gasteiger partial charge in [-0.15, -0.1) is 0 Å². The van der Waals surface area contributed by atoms with E-state index in [2.05, 4.69) is 17.0 Å². The molecule has 3 heterocycles. The second-order valence-electron chi connectivity index (χ2n) is 6.90. The van der Waals surface area contributed by atoms with Crippen molar-refractivity contribution in [3.05, 3.63) is 53.5 Å². The van der Waals surface area contributed by atoms with Crippen molar-refractivity contribution in [1.29, 1.82) is 0 Å². The molecule has 138 valence electrons. The van der Waals surface area contributed by atoms with Crippen LogP contribution in [0.2, 0.25) is 0 Å². The molecule has 1 fully saturated rings. The maximum atomic E-state index is 12.8. The Morgan fingerprint density at radius 2 is 2.08 bits per heavy atom. The highest BCUT2D eigenvalue weighted by atomic mass is 16.5. The number of nitrogens with zero attached hydrogens (tertiary/aromatic N) is 2. The summed E-state index contributed by atoms with van der Waals surface area (Å²) in [5.41, 5.74) is 2.27. The van der Waals surface area contributed by atoms with E-state index in [4.69, 9.17) is 13.9 Å². The normalized spacial score (nSPS) is 21.0. The molecular formula is C20H24N2O4. The van der Waals surface area contributed by atoms with Gasteiger partial charge in [0.2, 0.25) is 0 Å². The molecule has 1 atom stereocenters. The number of carbonyl (C=O) groups is 1. The van der Waals surface area contributed by atoms with E-state index in [1.165, 1.54) is 11.8 Å². The monoisotopic (exact) mass is 356 g/mol. The molecule has 2 aromatic rings. The predicted octanol–water partition coefficient (Wildman–Crippen LogP) is 2.54. The third-order valence-electron chi connectivity index (χ3n) is 4.98. The molecule has 2 aliphatic rings. The molecule has 1 amide bonds. The van der Waals surface area contributed by atoms with E-state index in [1.807, 2.05) is 17.9 Å². The second-order valence-corrected chi connectivity index (χ2v) is 6.90. The van der Waals surface area contributed by atoms with Crippen LogP contribution in [0.1, 0.15) is 28.6 Å². The minimum absolute atomic E-state index is 0.0253. The molecule has 0 unspecified atom stereocenters. The number of rotatable bonds is 3. The number of hydrogen-bond donors (Lipinski definition) is 0. The smallest absolute Gasteiger partial charge is 0.290 e. The summed E-state index contributed by atoms with van der Waals surface area (Å²) in [6.07, 6.45) is 1.53. The summed E-state index contributed by atoms with van der Waals surface area (Å²) >= 11 is 0. The standard InChI is InChI=1S/C20H24N2O4/c1-15-14-26-18-5-4-16(12-21-6-9-24-10-7-21)11-17(18)13-22(15)20(23)19-3-2-8-25-19/h2-5,8,11,15H,6-7,9-10,12-14H2,1H3/t15-/m0/s1. The highest BCUT2D eigenvalue weighted by Gasteiger charge is 2.28. The molecule has 6 nitrogen and oxygen atoms in total. The van der Waals surface area contributed by atoms with Crippen LogP contribution in [-0.4, -0.2) is 54.7 Å². The van der Waals surface area contributed by atoms with Crippen molar-refractivity contribution in [2.75, 3.05) is 32.9 Å². The van der Waals surface area contributed by atoms with Crippen LogP contribution >= 0.6 is 0 Å². The van der Waals surface area contributed by atoms with E-state index in [0.717, 1.165) is 44.2 Å². The van der Waals surface area contributed by atoms with Gasteiger partial charge in [-0.2, -0.15) is 0 Å². The van der Waals surface area contributed by atoms with Crippen LogP contribution in [0, 0.1) is 0 Å². The van der Waals surface area contributed by atoms with E-state index in [9.17, 15) is 4.79 Å². The Labute approximate surface area is 153 Å². The number of amides is 1. The average Bonchev–Trinajstić information content (AvgIpc) is 3.15. The summed E-state index contributed by atoms with van der Waals surface area (Å²) in [5.74, 6) is 1.12. The van der Waals surface area contributed by atoms with Gasteiger partial charge in [0.1, 0.15) is 12.4 Å². The van der Waals surface area contributed by atoms with E-state index >= 15 is 0 Å². The van der Waals surface area contributed by atoms with Crippen molar-refractivity contribution >= 4 is 5.91 Å². The molecule has 0 spiro atoms. The first-order valence-electron chi connectivity index (χ1n) is 9.10. The Morgan fingerprint density at radius 1 is 1.23 bits per heavy atom. The topological polar surface area (TPSA) is 55.2 Å². The molecular weight excluding hydrogens is 332 g/mol. The lowest BCUT2D eigenvalue weighted by Crippen LogP contribution is -2.39. The summed E-state index contributed by atoms with van der Waals surface area (Å²) in [4.78, 5) is 17.0. The van der Waals surface area contributed by atoms with Crippen LogP contribution in [0.5, 0.6) is 5.75 Å². The summed E-state index contributed by atoms with van der Waals surface area (Å²) in [5, 5.41) is 0. The zero-order chi connectivity index (χ0) is 17.9. The van der Waals surface area contributed by atoms with Crippen LogP contribution in [-0.2, 0) is 17.8 Å². The number of carbonyl (C=O) groups excluding carboxylic acids is 1. The Bertz CT molecular complexity index is 753. The summed E-state index contributed by atoms with van der Waals surface area (Å²) in [7, 11) is 0. The van der Waals surface area contributed by atoms with Gasteiger partial charge in [0.15, 0.2) is 5.76 Å². The van der Waals surface area contributed by atoms with Crippen molar-refractivity contribution in [3.63, 3.8) is 0 Å². The number of furan rings is 1. The van der Waals surface area contributed by atoms with Gasteiger partial charge in [-0.3, -0.25) is 9.69 Å². The van der Waals surface area contributed by atoms with Crippen molar-refractivity contribution in [2.45, 2.75) is 26.1 Å². The van der Waals surface area contributed by atoms with Gasteiger partial charge in [-0.05, 0) is 36.8 Å². The van der Waals surface area contributed by atoms with Gasteiger partial charge >= 0.3 is 0 Å². The maximum Gasteiger partial charge on any atom is 0.290 e. The van der Waals surface area contributed by atoms with E-state index in [1.54, 1.807) is 12.1 Å². The third kappa shape index (κ3) is 3.61.